The van der Waals surface area contributed by atoms with Gasteiger partial charge in [0, 0.05) is 12.1 Å². The molecule has 1 atom stereocenters. The lowest BCUT2D eigenvalue weighted by atomic mass is 10.1. The third-order valence-corrected chi connectivity index (χ3v) is 5.56. The van der Waals surface area contributed by atoms with E-state index in [9.17, 15) is 13.5 Å². The molecule has 1 heterocycles. The molecule has 0 unspecified atom stereocenters. The molecule has 21 heavy (non-hydrogen) atoms. The molecular formula is C16H17NO3S. The highest BCUT2D eigenvalue weighted by molar-refractivity contribution is 7.92. The van der Waals surface area contributed by atoms with Gasteiger partial charge in [-0.05, 0) is 31.0 Å². The van der Waals surface area contributed by atoms with E-state index in [-0.39, 0.29) is 4.90 Å². The van der Waals surface area contributed by atoms with Crippen molar-refractivity contribution in [2.45, 2.75) is 23.8 Å². The summed E-state index contributed by atoms with van der Waals surface area (Å²) in [6.07, 6.45) is 0.580. The minimum Gasteiger partial charge on any atom is -0.388 e. The third-order valence-electron chi connectivity index (χ3n) is 3.73. The number of aliphatic hydroxyl groups excluding tert-OH is 1. The van der Waals surface area contributed by atoms with E-state index in [1.54, 1.807) is 48.5 Å². The van der Waals surface area contributed by atoms with Gasteiger partial charge in [0.1, 0.15) is 0 Å². The van der Waals surface area contributed by atoms with E-state index >= 15 is 0 Å². The van der Waals surface area contributed by atoms with Crippen LogP contribution in [-0.2, 0) is 10.0 Å². The van der Waals surface area contributed by atoms with Gasteiger partial charge in [0.05, 0.1) is 16.7 Å². The van der Waals surface area contributed by atoms with Crippen LogP contribution in [0.15, 0.2) is 59.5 Å². The van der Waals surface area contributed by atoms with Crippen molar-refractivity contribution in [3.8, 4) is 0 Å². The maximum atomic E-state index is 12.9. The largest absolute Gasteiger partial charge is 0.388 e. The summed E-state index contributed by atoms with van der Waals surface area (Å²) in [6.45, 7) is 0.380. The summed E-state index contributed by atoms with van der Waals surface area (Å²) in [6, 6.07) is 15.6. The smallest absolute Gasteiger partial charge is 0.264 e. The zero-order valence-corrected chi connectivity index (χ0v) is 12.3. The van der Waals surface area contributed by atoms with E-state index in [0.717, 1.165) is 0 Å². The van der Waals surface area contributed by atoms with E-state index in [1.807, 2.05) is 6.07 Å². The number of hydrogen-bond acceptors (Lipinski definition) is 3. The highest BCUT2D eigenvalue weighted by atomic mass is 32.2. The molecule has 1 aliphatic rings. The van der Waals surface area contributed by atoms with Crippen molar-refractivity contribution < 1.29 is 13.5 Å². The number of benzene rings is 2. The highest BCUT2D eigenvalue weighted by Gasteiger charge is 2.30. The molecule has 0 saturated heterocycles. The summed E-state index contributed by atoms with van der Waals surface area (Å²) in [4.78, 5) is 0.274. The Morgan fingerprint density at radius 2 is 1.67 bits per heavy atom. The maximum absolute atomic E-state index is 12.9. The molecule has 3 rings (SSSR count). The number of sulfonamides is 1. The Hall–Kier alpha value is -1.85. The molecule has 5 heteroatoms. The Bertz CT molecular complexity index is 728. The Morgan fingerprint density at radius 3 is 2.43 bits per heavy atom. The number of nitrogens with zero attached hydrogens (tertiary/aromatic N) is 1. The van der Waals surface area contributed by atoms with E-state index < -0.39 is 16.1 Å². The van der Waals surface area contributed by atoms with Gasteiger partial charge in [-0.25, -0.2) is 8.42 Å². The number of fused-ring (bicyclic) bond motifs is 1. The van der Waals surface area contributed by atoms with Gasteiger partial charge in [-0.1, -0.05) is 36.4 Å². The molecule has 0 aromatic heterocycles. The fraction of sp³-hybridized carbons (Fsp3) is 0.250. The molecule has 0 bridgehead atoms. The van der Waals surface area contributed by atoms with Crippen molar-refractivity contribution in [1.29, 1.82) is 0 Å². The SMILES string of the molecule is O=S(=O)(c1ccccc1)N1CCC[C@@H](O)c2ccccc21. The minimum atomic E-state index is -3.60. The minimum absolute atomic E-state index is 0.274. The van der Waals surface area contributed by atoms with Crippen LogP contribution in [0, 0.1) is 0 Å². The topological polar surface area (TPSA) is 57.6 Å². The van der Waals surface area contributed by atoms with Crippen molar-refractivity contribution in [2.24, 2.45) is 0 Å². The Balaban J connectivity index is 2.12. The Kier molecular flexibility index (Phi) is 3.69. The first-order valence-electron chi connectivity index (χ1n) is 6.95. The molecule has 4 nitrogen and oxygen atoms in total. The van der Waals surface area contributed by atoms with Crippen LogP contribution >= 0.6 is 0 Å². The second-order valence-corrected chi connectivity index (χ2v) is 6.97. The number of anilines is 1. The predicted molar refractivity (Wildman–Crippen MR) is 81.6 cm³/mol. The first-order valence-corrected chi connectivity index (χ1v) is 8.39. The number of aliphatic hydroxyl groups is 1. The molecule has 1 N–H and O–H groups in total. The molecule has 0 spiro atoms. The van der Waals surface area contributed by atoms with Gasteiger partial charge in [-0.3, -0.25) is 4.31 Å². The standard InChI is InChI=1S/C16H17NO3S/c18-16-11-6-12-17(15-10-5-4-9-14(15)16)21(19,20)13-7-2-1-3-8-13/h1-5,7-10,16,18H,6,11-12H2/t16-/m1/s1. The van der Waals surface area contributed by atoms with Crippen molar-refractivity contribution in [1.82, 2.24) is 0 Å². The molecule has 0 fully saturated rings. The van der Waals surface area contributed by atoms with Gasteiger partial charge in [-0.15, -0.1) is 0 Å². The van der Waals surface area contributed by atoms with E-state index in [2.05, 4.69) is 0 Å². The summed E-state index contributed by atoms with van der Waals surface area (Å²) < 4.78 is 27.1. The monoisotopic (exact) mass is 303 g/mol. The molecule has 0 aliphatic carbocycles. The van der Waals surface area contributed by atoms with Crippen LogP contribution in [0.2, 0.25) is 0 Å². The van der Waals surface area contributed by atoms with Crippen LogP contribution in [0.1, 0.15) is 24.5 Å². The Morgan fingerprint density at radius 1 is 1.00 bits per heavy atom. The first-order chi connectivity index (χ1) is 10.1. The number of rotatable bonds is 2. The Labute approximate surface area is 124 Å². The summed E-state index contributed by atoms with van der Waals surface area (Å²) in [5.41, 5.74) is 1.25. The molecule has 2 aromatic rings. The average molecular weight is 303 g/mol. The average Bonchev–Trinajstić information content (AvgIpc) is 2.68. The van der Waals surface area contributed by atoms with Crippen LogP contribution in [-0.4, -0.2) is 20.1 Å². The lowest BCUT2D eigenvalue weighted by molar-refractivity contribution is 0.168. The molecule has 0 amide bonds. The third kappa shape index (κ3) is 2.54. The summed E-state index contributed by atoms with van der Waals surface area (Å²) in [7, 11) is -3.60. The van der Waals surface area contributed by atoms with Crippen molar-refractivity contribution in [2.75, 3.05) is 10.8 Å². The van der Waals surface area contributed by atoms with Crippen LogP contribution in [0.4, 0.5) is 5.69 Å². The van der Waals surface area contributed by atoms with Gasteiger partial charge in [-0.2, -0.15) is 0 Å². The van der Waals surface area contributed by atoms with Gasteiger partial charge >= 0.3 is 0 Å². The summed E-state index contributed by atoms with van der Waals surface area (Å²) in [5.74, 6) is 0. The van der Waals surface area contributed by atoms with Crippen LogP contribution in [0.25, 0.3) is 0 Å². The summed E-state index contributed by atoms with van der Waals surface area (Å²) in [5, 5.41) is 10.2. The number of para-hydroxylation sites is 1. The normalized spacial score (nSPS) is 18.9. The first kappa shape index (κ1) is 14.1. The second kappa shape index (κ2) is 5.50. The van der Waals surface area contributed by atoms with Crippen molar-refractivity contribution in [3.05, 3.63) is 60.2 Å². The molecule has 2 aromatic carbocycles. The van der Waals surface area contributed by atoms with Gasteiger partial charge in [0.2, 0.25) is 0 Å². The van der Waals surface area contributed by atoms with Gasteiger partial charge in [0.15, 0.2) is 0 Å². The van der Waals surface area contributed by atoms with Crippen LogP contribution < -0.4 is 4.31 Å². The van der Waals surface area contributed by atoms with E-state index in [4.69, 9.17) is 0 Å². The highest BCUT2D eigenvalue weighted by Crippen LogP contribution is 2.35. The maximum Gasteiger partial charge on any atom is 0.264 e. The lowest BCUT2D eigenvalue weighted by Gasteiger charge is -2.24. The molecule has 110 valence electrons. The zero-order valence-electron chi connectivity index (χ0n) is 11.5. The summed E-state index contributed by atoms with van der Waals surface area (Å²) >= 11 is 0. The van der Waals surface area contributed by atoms with E-state index in [0.29, 0.717) is 30.6 Å². The zero-order chi connectivity index (χ0) is 14.9. The van der Waals surface area contributed by atoms with Crippen LogP contribution in [0.5, 0.6) is 0 Å². The van der Waals surface area contributed by atoms with E-state index in [1.165, 1.54) is 4.31 Å². The quantitative estimate of drug-likeness (QED) is 0.928. The predicted octanol–water partition coefficient (Wildman–Crippen LogP) is 2.71. The lowest BCUT2D eigenvalue weighted by Crippen LogP contribution is -2.31. The molecule has 0 saturated carbocycles. The van der Waals surface area contributed by atoms with Crippen molar-refractivity contribution in [3.63, 3.8) is 0 Å². The molecule has 0 radical (unpaired) electrons. The fourth-order valence-electron chi connectivity index (χ4n) is 2.67. The van der Waals surface area contributed by atoms with Crippen LogP contribution in [0.3, 0.4) is 0 Å². The van der Waals surface area contributed by atoms with Gasteiger partial charge in [0.25, 0.3) is 10.0 Å². The van der Waals surface area contributed by atoms with Crippen molar-refractivity contribution >= 4 is 15.7 Å². The second-order valence-electron chi connectivity index (χ2n) is 5.11. The molecule has 1 aliphatic heterocycles. The molecular weight excluding hydrogens is 286 g/mol. The fourth-order valence-corrected chi connectivity index (χ4v) is 4.22. The number of hydrogen-bond donors (Lipinski definition) is 1. The van der Waals surface area contributed by atoms with Gasteiger partial charge < -0.3 is 5.11 Å².